The number of nitrogens with one attached hydrogen (secondary N) is 1. The van der Waals surface area contributed by atoms with E-state index in [4.69, 9.17) is 38.6 Å². The molecule has 0 radical (unpaired) electrons. The lowest BCUT2D eigenvalue weighted by Crippen LogP contribution is -2.31. The summed E-state index contributed by atoms with van der Waals surface area (Å²) in [4.78, 5) is 0. The van der Waals surface area contributed by atoms with Gasteiger partial charge in [-0.15, -0.1) is 0 Å². The molecule has 3 fully saturated rings. The van der Waals surface area contributed by atoms with E-state index in [1.807, 2.05) is 61.5 Å². The van der Waals surface area contributed by atoms with E-state index >= 15 is 8.78 Å². The summed E-state index contributed by atoms with van der Waals surface area (Å²) >= 11 is 0. The fourth-order valence-corrected chi connectivity index (χ4v) is 9.08. The Morgan fingerprint density at radius 3 is 2.09 bits per heavy atom. The zero-order valence-corrected chi connectivity index (χ0v) is 37.9. The number of hydrogen-bond donors (Lipinski definition) is 1. The van der Waals surface area contributed by atoms with E-state index in [-0.39, 0.29) is 5.56 Å². The van der Waals surface area contributed by atoms with Gasteiger partial charge in [-0.2, -0.15) is 0 Å². The summed E-state index contributed by atoms with van der Waals surface area (Å²) in [5.41, 5.74) is 4.71. The maximum Gasteiger partial charge on any atom is 0.166 e. The van der Waals surface area contributed by atoms with Crippen molar-refractivity contribution in [1.82, 2.24) is 0 Å². The molecule has 65 heavy (non-hydrogen) atoms. The summed E-state index contributed by atoms with van der Waals surface area (Å²) in [6.45, 7) is 8.53. The molecule has 346 valence electrons. The van der Waals surface area contributed by atoms with Crippen molar-refractivity contribution in [2.75, 3.05) is 52.9 Å². The summed E-state index contributed by atoms with van der Waals surface area (Å²) in [5, 5.41) is 10.1. The minimum absolute atomic E-state index is 0.213. The van der Waals surface area contributed by atoms with E-state index in [1.54, 1.807) is 24.3 Å². The number of hydrogen-bond acceptors (Lipinski definition) is 8. The Balaban J connectivity index is 0.785. The monoisotopic (exact) mass is 889 g/mol. The highest BCUT2D eigenvalue weighted by atomic mass is 19.2. The molecule has 2 saturated heterocycles. The third-order valence-electron chi connectivity index (χ3n) is 13.0. The minimum Gasteiger partial charge on any atom is -0.494 e. The van der Waals surface area contributed by atoms with Crippen molar-refractivity contribution in [2.24, 2.45) is 11.8 Å². The van der Waals surface area contributed by atoms with Crippen LogP contribution >= 0.6 is 0 Å². The molecule has 0 bridgehead atoms. The molecule has 5 aromatic carbocycles. The van der Waals surface area contributed by atoms with Crippen LogP contribution in [0.2, 0.25) is 0 Å². The van der Waals surface area contributed by atoms with Crippen molar-refractivity contribution in [3.63, 3.8) is 0 Å². The second kappa shape index (κ2) is 23.5. The number of halogens is 2. The molecule has 3 atom stereocenters. The van der Waals surface area contributed by atoms with Crippen LogP contribution in [0.1, 0.15) is 92.0 Å². The van der Waals surface area contributed by atoms with Gasteiger partial charge < -0.3 is 38.6 Å². The third kappa shape index (κ3) is 12.9. The van der Waals surface area contributed by atoms with Crippen LogP contribution in [0.15, 0.2) is 84.9 Å². The maximum atomic E-state index is 15.7. The van der Waals surface area contributed by atoms with Gasteiger partial charge in [0.2, 0.25) is 0 Å². The highest BCUT2D eigenvalue weighted by Crippen LogP contribution is 2.39. The summed E-state index contributed by atoms with van der Waals surface area (Å²) < 4.78 is 72.3. The molecule has 1 N–H and O–H groups in total. The number of unbranched alkanes of at least 4 members (excludes halogenated alkanes) is 5. The average molecular weight is 890 g/mol. The van der Waals surface area contributed by atoms with Crippen molar-refractivity contribution >= 4 is 17.0 Å². The summed E-state index contributed by atoms with van der Waals surface area (Å²) in [7, 11) is 0. The van der Waals surface area contributed by atoms with Crippen molar-refractivity contribution in [2.45, 2.75) is 103 Å². The van der Waals surface area contributed by atoms with E-state index in [0.717, 1.165) is 124 Å². The van der Waals surface area contributed by atoms with Crippen LogP contribution < -0.4 is 14.2 Å². The Labute approximate surface area is 383 Å². The van der Waals surface area contributed by atoms with Crippen molar-refractivity contribution < 1.29 is 41.9 Å². The number of ether oxygens (including phenoxy) is 7. The average Bonchev–Trinajstić information content (AvgIpc) is 4.10. The quantitative estimate of drug-likeness (QED) is 0.0319. The molecule has 0 spiro atoms. The van der Waals surface area contributed by atoms with Crippen LogP contribution in [0.5, 0.6) is 17.2 Å². The Bertz CT molecular complexity index is 2310. The van der Waals surface area contributed by atoms with Crippen LogP contribution in [-0.2, 0) is 38.4 Å². The molecule has 0 amide bonds. The van der Waals surface area contributed by atoms with Crippen LogP contribution in [0.25, 0.3) is 21.9 Å². The van der Waals surface area contributed by atoms with E-state index in [2.05, 4.69) is 6.07 Å². The molecule has 2 heterocycles. The van der Waals surface area contributed by atoms with Crippen molar-refractivity contribution in [3.05, 3.63) is 124 Å². The zero-order chi connectivity index (χ0) is 44.8. The highest BCUT2D eigenvalue weighted by Gasteiger charge is 2.43. The fraction of sp³-hybridized carbons (Fsp3) is 0.473. The smallest absolute Gasteiger partial charge is 0.166 e. The molecule has 2 aliphatic heterocycles. The molecule has 0 aromatic heterocycles. The van der Waals surface area contributed by atoms with Gasteiger partial charge in [-0.25, -0.2) is 8.78 Å². The first-order chi connectivity index (χ1) is 31.9. The first kappa shape index (κ1) is 46.7. The normalized spacial score (nSPS) is 18.0. The van der Waals surface area contributed by atoms with Crippen molar-refractivity contribution in [1.29, 1.82) is 5.41 Å². The standard InChI is InChI=1S/C55H65F2NO7/c1-38-29-39(13-23-50(38)63-28-9-3-2-7-25-60-34-41-35-61-36-41)37-64-55-45(32-58)31-44(47-11-5-6-12-49(47)55)16-15-43-19-22-48(54(57)53(43)56)42-17-20-46(21-18-42)62-27-10-4-8-26-59-33-40-14-24-51-52(30-40)65-51/h5-6,11-13,17-23,29,31-32,40-41,51-52,58H,2-4,7-10,14-16,24-28,30,33-37H2,1H3. The molecule has 1 saturated carbocycles. The molecule has 8 rings (SSSR count). The lowest BCUT2D eigenvalue weighted by Gasteiger charge is -2.25. The molecule has 3 aliphatic rings. The molecule has 3 unspecified atom stereocenters. The Morgan fingerprint density at radius 1 is 0.662 bits per heavy atom. The van der Waals surface area contributed by atoms with Gasteiger partial charge in [-0.3, -0.25) is 0 Å². The van der Waals surface area contributed by atoms with Gasteiger partial charge in [0, 0.05) is 48.5 Å². The molecular formula is C55H65F2NO7. The summed E-state index contributed by atoms with van der Waals surface area (Å²) in [5.74, 6) is 1.71. The number of rotatable bonds is 27. The lowest BCUT2D eigenvalue weighted by molar-refractivity contribution is -0.0718. The summed E-state index contributed by atoms with van der Waals surface area (Å²) in [6, 6.07) is 26.4. The van der Waals surface area contributed by atoms with Gasteiger partial charge in [-0.1, -0.05) is 61.0 Å². The van der Waals surface area contributed by atoms with Gasteiger partial charge in [0.05, 0.1) is 45.2 Å². The minimum atomic E-state index is -0.862. The number of benzene rings is 5. The Kier molecular flexibility index (Phi) is 16.9. The van der Waals surface area contributed by atoms with Gasteiger partial charge in [0.25, 0.3) is 0 Å². The van der Waals surface area contributed by atoms with Crippen LogP contribution in [0.3, 0.4) is 0 Å². The van der Waals surface area contributed by atoms with Gasteiger partial charge in [-0.05, 0) is 147 Å². The third-order valence-corrected chi connectivity index (χ3v) is 13.0. The number of epoxide rings is 1. The number of aryl methyl sites for hydroxylation is 3. The molecule has 10 heteroatoms. The highest BCUT2D eigenvalue weighted by molar-refractivity contribution is 5.98. The topological polar surface area (TPSA) is 91.8 Å². The van der Waals surface area contributed by atoms with E-state index in [0.29, 0.717) is 84.9 Å². The van der Waals surface area contributed by atoms with Gasteiger partial charge in [0.15, 0.2) is 11.6 Å². The van der Waals surface area contributed by atoms with Crippen LogP contribution in [-0.4, -0.2) is 71.3 Å². The van der Waals surface area contributed by atoms with E-state index < -0.39 is 11.6 Å². The Hall–Kier alpha value is -4.87. The van der Waals surface area contributed by atoms with Gasteiger partial charge >= 0.3 is 0 Å². The molecular weight excluding hydrogens is 825 g/mol. The second-order valence-electron chi connectivity index (χ2n) is 18.1. The first-order valence-corrected chi connectivity index (χ1v) is 23.9. The van der Waals surface area contributed by atoms with Crippen molar-refractivity contribution in [3.8, 4) is 28.4 Å². The summed E-state index contributed by atoms with van der Waals surface area (Å²) in [6.07, 6.45) is 13.9. The lowest BCUT2D eigenvalue weighted by atomic mass is 9.90. The number of fused-ring (bicyclic) bond motifs is 2. The first-order valence-electron chi connectivity index (χ1n) is 23.9. The van der Waals surface area contributed by atoms with Crippen LogP contribution in [0.4, 0.5) is 8.78 Å². The maximum absolute atomic E-state index is 15.7. The fourth-order valence-electron chi connectivity index (χ4n) is 9.08. The largest absolute Gasteiger partial charge is 0.494 e. The predicted molar refractivity (Wildman–Crippen MR) is 252 cm³/mol. The SMILES string of the molecule is Cc1cc(COc2c(C=N)cc(CCc3ccc(-c4ccc(OCCCCCOCC5CCC6OC6C5)cc4)c(F)c3F)c3ccccc23)ccc1OCCCCCCOCC1COC1. The Morgan fingerprint density at radius 2 is 1.37 bits per heavy atom. The second-order valence-corrected chi connectivity index (χ2v) is 18.1. The zero-order valence-electron chi connectivity index (χ0n) is 37.9. The van der Waals surface area contributed by atoms with E-state index in [9.17, 15) is 0 Å². The van der Waals surface area contributed by atoms with Crippen LogP contribution in [0, 0.1) is 35.8 Å². The van der Waals surface area contributed by atoms with Gasteiger partial charge in [0.1, 0.15) is 23.9 Å². The molecule has 8 nitrogen and oxygen atoms in total. The molecule has 1 aliphatic carbocycles. The predicted octanol–water partition coefficient (Wildman–Crippen LogP) is 12.2. The molecule has 5 aromatic rings. The van der Waals surface area contributed by atoms with E-state index in [1.165, 1.54) is 19.1 Å².